The fraction of sp³-hybridized carbons (Fsp3) is 0.875. The minimum absolute atomic E-state index is 0.166. The van der Waals surface area contributed by atoms with Crippen LogP contribution in [0.3, 0.4) is 0 Å². The number of hydrogen-bond donors (Lipinski definition) is 1. The topological polar surface area (TPSA) is 38.3 Å². The van der Waals surface area contributed by atoms with E-state index in [-0.39, 0.29) is 11.9 Å². The van der Waals surface area contributed by atoms with Crippen molar-refractivity contribution in [1.82, 2.24) is 5.32 Å². The SMILES string of the molecule is CNC1CCC(=O)[C@@H](OC)C1. The van der Waals surface area contributed by atoms with Gasteiger partial charge in [-0.2, -0.15) is 0 Å². The number of Topliss-reactive ketones (excluding diaryl/α,β-unsaturated/α-hetero) is 1. The summed E-state index contributed by atoms with van der Waals surface area (Å²) in [5.74, 6) is 0.249. The largest absolute Gasteiger partial charge is 0.374 e. The molecule has 0 spiro atoms. The van der Waals surface area contributed by atoms with Gasteiger partial charge >= 0.3 is 0 Å². The summed E-state index contributed by atoms with van der Waals surface area (Å²) in [6.45, 7) is 0. The zero-order chi connectivity index (χ0) is 8.27. The van der Waals surface area contributed by atoms with Crippen LogP contribution in [0.15, 0.2) is 0 Å². The highest BCUT2D eigenvalue weighted by atomic mass is 16.5. The van der Waals surface area contributed by atoms with Crippen LogP contribution in [0.2, 0.25) is 0 Å². The molecule has 0 saturated heterocycles. The summed E-state index contributed by atoms with van der Waals surface area (Å²) in [5, 5.41) is 3.16. The fourth-order valence-electron chi connectivity index (χ4n) is 1.48. The molecular formula is C8H15NO2. The van der Waals surface area contributed by atoms with Crippen LogP contribution in [0, 0.1) is 0 Å². The summed E-state index contributed by atoms with van der Waals surface area (Å²) in [6, 6.07) is 0.456. The summed E-state index contributed by atoms with van der Waals surface area (Å²) in [4.78, 5) is 11.1. The second-order valence-electron chi connectivity index (χ2n) is 2.95. The van der Waals surface area contributed by atoms with E-state index in [0.29, 0.717) is 12.5 Å². The van der Waals surface area contributed by atoms with E-state index in [1.807, 2.05) is 7.05 Å². The molecule has 1 aliphatic rings. The molecule has 0 aromatic heterocycles. The third kappa shape index (κ3) is 2.01. The van der Waals surface area contributed by atoms with Crippen LogP contribution in [0.25, 0.3) is 0 Å². The smallest absolute Gasteiger partial charge is 0.161 e. The van der Waals surface area contributed by atoms with Gasteiger partial charge in [0.25, 0.3) is 0 Å². The molecule has 3 nitrogen and oxygen atoms in total. The van der Waals surface area contributed by atoms with Crippen LogP contribution in [-0.4, -0.2) is 32.1 Å². The monoisotopic (exact) mass is 157 g/mol. The summed E-state index contributed by atoms with van der Waals surface area (Å²) in [7, 11) is 3.52. The molecule has 1 saturated carbocycles. The first-order chi connectivity index (χ1) is 5.27. The van der Waals surface area contributed by atoms with E-state index in [4.69, 9.17) is 4.74 Å². The van der Waals surface area contributed by atoms with Gasteiger partial charge in [-0.3, -0.25) is 4.79 Å². The second-order valence-corrected chi connectivity index (χ2v) is 2.95. The lowest BCUT2D eigenvalue weighted by Crippen LogP contribution is -2.39. The van der Waals surface area contributed by atoms with Gasteiger partial charge in [0.1, 0.15) is 6.10 Å². The van der Waals surface area contributed by atoms with E-state index in [0.717, 1.165) is 12.8 Å². The van der Waals surface area contributed by atoms with Crippen molar-refractivity contribution in [1.29, 1.82) is 0 Å². The van der Waals surface area contributed by atoms with Crippen molar-refractivity contribution >= 4 is 5.78 Å². The fourth-order valence-corrected chi connectivity index (χ4v) is 1.48. The van der Waals surface area contributed by atoms with Gasteiger partial charge in [-0.25, -0.2) is 0 Å². The molecule has 0 aromatic rings. The van der Waals surface area contributed by atoms with Crippen LogP contribution in [-0.2, 0) is 9.53 Å². The van der Waals surface area contributed by atoms with Gasteiger partial charge in [0.15, 0.2) is 5.78 Å². The number of ketones is 1. The lowest BCUT2D eigenvalue weighted by Gasteiger charge is -2.26. The summed E-state index contributed by atoms with van der Waals surface area (Å²) in [6.07, 6.45) is 2.27. The van der Waals surface area contributed by atoms with Gasteiger partial charge in [0.05, 0.1) is 0 Å². The van der Waals surface area contributed by atoms with E-state index < -0.39 is 0 Å². The summed E-state index contributed by atoms with van der Waals surface area (Å²) < 4.78 is 5.05. The Morgan fingerprint density at radius 1 is 1.64 bits per heavy atom. The van der Waals surface area contributed by atoms with Crippen molar-refractivity contribution in [3.8, 4) is 0 Å². The molecule has 1 fully saturated rings. The molecule has 0 heterocycles. The predicted molar refractivity (Wildman–Crippen MR) is 42.5 cm³/mol. The average Bonchev–Trinajstić information content (AvgIpc) is 2.05. The number of methoxy groups -OCH3 is 1. The Bertz CT molecular complexity index is 147. The number of hydrogen-bond acceptors (Lipinski definition) is 3. The standard InChI is InChI=1S/C8H15NO2/c1-9-6-3-4-7(10)8(5-6)11-2/h6,8-9H,3-5H2,1-2H3/t6?,8-/m0/s1. The molecule has 0 radical (unpaired) electrons. The van der Waals surface area contributed by atoms with E-state index in [1.165, 1.54) is 0 Å². The van der Waals surface area contributed by atoms with Gasteiger partial charge in [0.2, 0.25) is 0 Å². The second kappa shape index (κ2) is 3.83. The number of rotatable bonds is 2. The van der Waals surface area contributed by atoms with Crippen LogP contribution in [0.4, 0.5) is 0 Å². The minimum atomic E-state index is -0.166. The molecule has 11 heavy (non-hydrogen) atoms. The maximum absolute atomic E-state index is 11.1. The lowest BCUT2D eigenvalue weighted by molar-refractivity contribution is -0.131. The molecule has 3 heteroatoms. The van der Waals surface area contributed by atoms with Crippen molar-refractivity contribution in [2.24, 2.45) is 0 Å². The minimum Gasteiger partial charge on any atom is -0.374 e. The van der Waals surface area contributed by atoms with Crippen LogP contribution in [0.1, 0.15) is 19.3 Å². The molecule has 64 valence electrons. The third-order valence-corrected chi connectivity index (χ3v) is 2.29. The third-order valence-electron chi connectivity index (χ3n) is 2.29. The highest BCUT2D eigenvalue weighted by Crippen LogP contribution is 2.17. The maximum Gasteiger partial charge on any atom is 0.161 e. The molecule has 1 N–H and O–H groups in total. The first-order valence-electron chi connectivity index (χ1n) is 4.00. The number of nitrogens with one attached hydrogen (secondary N) is 1. The Kier molecular flexibility index (Phi) is 3.02. The van der Waals surface area contributed by atoms with Crippen LogP contribution < -0.4 is 5.32 Å². The van der Waals surface area contributed by atoms with Gasteiger partial charge < -0.3 is 10.1 Å². The van der Waals surface area contributed by atoms with E-state index in [1.54, 1.807) is 7.11 Å². The molecule has 0 amide bonds. The Morgan fingerprint density at radius 2 is 2.36 bits per heavy atom. The quantitative estimate of drug-likeness (QED) is 0.628. The molecule has 1 aliphatic carbocycles. The average molecular weight is 157 g/mol. The van der Waals surface area contributed by atoms with E-state index in [2.05, 4.69) is 5.32 Å². The molecule has 2 atom stereocenters. The summed E-state index contributed by atoms with van der Waals surface area (Å²) >= 11 is 0. The first kappa shape index (κ1) is 8.68. The van der Waals surface area contributed by atoms with E-state index >= 15 is 0 Å². The Hall–Kier alpha value is -0.410. The van der Waals surface area contributed by atoms with Gasteiger partial charge in [-0.15, -0.1) is 0 Å². The Labute approximate surface area is 67.1 Å². The van der Waals surface area contributed by atoms with Gasteiger partial charge in [-0.1, -0.05) is 0 Å². The van der Waals surface area contributed by atoms with Crippen molar-refractivity contribution in [3.05, 3.63) is 0 Å². The zero-order valence-corrected chi connectivity index (χ0v) is 7.09. The van der Waals surface area contributed by atoms with Crippen LogP contribution in [0.5, 0.6) is 0 Å². The van der Waals surface area contributed by atoms with E-state index in [9.17, 15) is 4.79 Å². The van der Waals surface area contributed by atoms with Crippen molar-refractivity contribution in [3.63, 3.8) is 0 Å². The van der Waals surface area contributed by atoms with Crippen molar-refractivity contribution in [2.75, 3.05) is 14.2 Å². The van der Waals surface area contributed by atoms with Gasteiger partial charge in [0, 0.05) is 19.6 Å². The molecular weight excluding hydrogens is 142 g/mol. The highest BCUT2D eigenvalue weighted by molar-refractivity contribution is 5.83. The molecule has 1 rings (SSSR count). The maximum atomic E-state index is 11.1. The van der Waals surface area contributed by atoms with Crippen molar-refractivity contribution < 1.29 is 9.53 Å². The molecule has 0 bridgehead atoms. The lowest BCUT2D eigenvalue weighted by atomic mass is 9.92. The highest BCUT2D eigenvalue weighted by Gasteiger charge is 2.27. The van der Waals surface area contributed by atoms with Crippen LogP contribution >= 0.6 is 0 Å². The van der Waals surface area contributed by atoms with Gasteiger partial charge in [-0.05, 0) is 19.9 Å². The van der Waals surface area contributed by atoms with Crippen molar-refractivity contribution in [2.45, 2.75) is 31.4 Å². The normalized spacial score (nSPS) is 32.4. The number of carbonyl (C=O) groups excluding carboxylic acids is 1. The zero-order valence-electron chi connectivity index (χ0n) is 7.09. The number of carbonyl (C=O) groups is 1. The predicted octanol–water partition coefficient (Wildman–Crippen LogP) is 0.342. The Morgan fingerprint density at radius 3 is 2.91 bits per heavy atom. The Balaban J connectivity index is 2.44. The summed E-state index contributed by atoms with van der Waals surface area (Å²) in [5.41, 5.74) is 0. The first-order valence-corrected chi connectivity index (χ1v) is 4.00. The number of ether oxygens (including phenoxy) is 1. The molecule has 0 aromatic carbocycles. The molecule has 0 aliphatic heterocycles. The molecule has 1 unspecified atom stereocenters.